The SMILES string of the molecule is CC1C(C)C(O)C(Cl)C(Cl)C1C. The van der Waals surface area contributed by atoms with Gasteiger partial charge in [0.2, 0.25) is 0 Å². The van der Waals surface area contributed by atoms with E-state index in [9.17, 15) is 5.11 Å². The Bertz CT molecular complexity index is 104. The average Bonchev–Trinajstić information content (AvgIpc) is 2.08. The van der Waals surface area contributed by atoms with Gasteiger partial charge in [0, 0.05) is 0 Å². The van der Waals surface area contributed by atoms with Crippen molar-refractivity contribution in [3.8, 4) is 0 Å². The first-order chi connectivity index (χ1) is 5.46. The Morgan fingerprint density at radius 3 is 1.83 bits per heavy atom. The Kier molecular flexibility index (Phi) is 3.30. The minimum atomic E-state index is -0.458. The summed E-state index contributed by atoms with van der Waals surface area (Å²) < 4.78 is 0. The van der Waals surface area contributed by atoms with E-state index >= 15 is 0 Å². The first kappa shape index (κ1) is 10.6. The van der Waals surface area contributed by atoms with E-state index in [0.29, 0.717) is 11.8 Å². The topological polar surface area (TPSA) is 20.2 Å². The summed E-state index contributed by atoms with van der Waals surface area (Å²) in [5.41, 5.74) is 0. The maximum atomic E-state index is 9.69. The van der Waals surface area contributed by atoms with E-state index in [0.717, 1.165) is 0 Å². The minimum Gasteiger partial charge on any atom is -0.391 e. The monoisotopic (exact) mass is 210 g/mol. The van der Waals surface area contributed by atoms with Crippen LogP contribution < -0.4 is 0 Å². The van der Waals surface area contributed by atoms with Crippen LogP contribution in [-0.2, 0) is 0 Å². The highest BCUT2D eigenvalue weighted by atomic mass is 35.5. The fraction of sp³-hybridized carbons (Fsp3) is 1.00. The Morgan fingerprint density at radius 1 is 0.833 bits per heavy atom. The smallest absolute Gasteiger partial charge is 0.0764 e. The Morgan fingerprint density at radius 2 is 1.33 bits per heavy atom. The molecule has 0 saturated heterocycles. The number of hydrogen-bond donors (Lipinski definition) is 1. The number of aliphatic hydroxyl groups is 1. The van der Waals surface area contributed by atoms with Gasteiger partial charge in [-0.2, -0.15) is 0 Å². The number of halogens is 2. The van der Waals surface area contributed by atoms with Crippen molar-refractivity contribution in [3.63, 3.8) is 0 Å². The third-order valence-corrected chi connectivity index (χ3v) is 4.66. The van der Waals surface area contributed by atoms with Gasteiger partial charge in [-0.25, -0.2) is 0 Å². The van der Waals surface area contributed by atoms with Gasteiger partial charge < -0.3 is 5.11 Å². The molecule has 3 heteroatoms. The summed E-state index contributed by atoms with van der Waals surface area (Å²) in [6.45, 7) is 6.25. The summed E-state index contributed by atoms with van der Waals surface area (Å²) >= 11 is 12.1. The van der Waals surface area contributed by atoms with Gasteiger partial charge in [0.15, 0.2) is 0 Å². The predicted octanol–water partition coefficient (Wildman–Crippen LogP) is 2.48. The molecule has 0 aromatic heterocycles. The highest BCUT2D eigenvalue weighted by Gasteiger charge is 2.42. The normalized spacial score (nSPS) is 55.5. The van der Waals surface area contributed by atoms with Crippen LogP contribution in [0.2, 0.25) is 0 Å². The Labute approximate surface area is 84.1 Å². The molecule has 0 radical (unpaired) electrons. The maximum absolute atomic E-state index is 9.69. The van der Waals surface area contributed by atoms with Crippen molar-refractivity contribution in [2.45, 2.75) is 37.6 Å². The van der Waals surface area contributed by atoms with Crippen LogP contribution >= 0.6 is 23.2 Å². The molecule has 12 heavy (non-hydrogen) atoms. The van der Waals surface area contributed by atoms with E-state index in [1.165, 1.54) is 0 Å². The summed E-state index contributed by atoms with van der Waals surface area (Å²) in [5.74, 6) is 1.07. The molecule has 6 atom stereocenters. The number of alkyl halides is 2. The zero-order valence-corrected chi connectivity index (χ0v) is 9.18. The second-order valence-electron chi connectivity index (χ2n) is 3.96. The maximum Gasteiger partial charge on any atom is 0.0764 e. The molecular weight excluding hydrogens is 195 g/mol. The summed E-state index contributed by atoms with van der Waals surface area (Å²) in [6, 6.07) is 0. The molecule has 0 amide bonds. The molecule has 72 valence electrons. The van der Waals surface area contributed by atoms with Crippen LogP contribution in [0.25, 0.3) is 0 Å². The zero-order chi connectivity index (χ0) is 9.46. The largest absolute Gasteiger partial charge is 0.391 e. The summed E-state index contributed by atoms with van der Waals surface area (Å²) in [5, 5.41) is 9.29. The highest BCUT2D eigenvalue weighted by molar-refractivity contribution is 6.30. The van der Waals surface area contributed by atoms with Crippen molar-refractivity contribution in [2.75, 3.05) is 0 Å². The molecule has 1 aliphatic carbocycles. The van der Waals surface area contributed by atoms with E-state index in [2.05, 4.69) is 13.8 Å². The van der Waals surface area contributed by atoms with Gasteiger partial charge in [-0.3, -0.25) is 0 Å². The number of rotatable bonds is 0. The van der Waals surface area contributed by atoms with Gasteiger partial charge in [0.25, 0.3) is 0 Å². The van der Waals surface area contributed by atoms with Crippen molar-refractivity contribution < 1.29 is 5.11 Å². The van der Waals surface area contributed by atoms with Gasteiger partial charge in [-0.05, 0) is 17.8 Å². The molecule has 0 spiro atoms. The molecule has 0 bridgehead atoms. The van der Waals surface area contributed by atoms with E-state index in [1.807, 2.05) is 6.92 Å². The Hall–Kier alpha value is 0.540. The van der Waals surface area contributed by atoms with Crippen molar-refractivity contribution in [2.24, 2.45) is 17.8 Å². The number of hydrogen-bond acceptors (Lipinski definition) is 1. The molecule has 1 N–H and O–H groups in total. The second kappa shape index (κ2) is 3.73. The third-order valence-electron chi connectivity index (χ3n) is 3.33. The van der Waals surface area contributed by atoms with E-state index in [4.69, 9.17) is 23.2 Å². The lowest BCUT2D eigenvalue weighted by Crippen LogP contribution is -2.48. The molecule has 0 aliphatic heterocycles. The van der Waals surface area contributed by atoms with Crippen LogP contribution in [0, 0.1) is 17.8 Å². The van der Waals surface area contributed by atoms with Gasteiger partial charge in [-0.15, -0.1) is 23.2 Å². The van der Waals surface area contributed by atoms with Gasteiger partial charge in [-0.1, -0.05) is 20.8 Å². The molecule has 1 saturated carbocycles. The lowest BCUT2D eigenvalue weighted by molar-refractivity contribution is 0.0297. The van der Waals surface area contributed by atoms with Crippen molar-refractivity contribution in [3.05, 3.63) is 0 Å². The summed E-state index contributed by atoms with van der Waals surface area (Å²) in [4.78, 5) is 0. The lowest BCUT2D eigenvalue weighted by atomic mass is 9.72. The zero-order valence-electron chi connectivity index (χ0n) is 7.67. The quantitative estimate of drug-likeness (QED) is 0.610. The van der Waals surface area contributed by atoms with Crippen LogP contribution in [0.5, 0.6) is 0 Å². The molecule has 0 aromatic rings. The third kappa shape index (κ3) is 1.59. The fourth-order valence-corrected chi connectivity index (χ4v) is 2.69. The molecule has 6 unspecified atom stereocenters. The first-order valence-electron chi connectivity index (χ1n) is 4.43. The van der Waals surface area contributed by atoms with Crippen molar-refractivity contribution in [1.29, 1.82) is 0 Å². The van der Waals surface area contributed by atoms with Crippen LogP contribution in [0.15, 0.2) is 0 Å². The van der Waals surface area contributed by atoms with Crippen LogP contribution in [0.3, 0.4) is 0 Å². The van der Waals surface area contributed by atoms with Crippen LogP contribution in [0.4, 0.5) is 0 Å². The van der Waals surface area contributed by atoms with Gasteiger partial charge >= 0.3 is 0 Å². The molecule has 1 nitrogen and oxygen atoms in total. The van der Waals surface area contributed by atoms with Crippen LogP contribution in [-0.4, -0.2) is 22.0 Å². The second-order valence-corrected chi connectivity index (χ2v) is 4.96. The van der Waals surface area contributed by atoms with E-state index in [-0.39, 0.29) is 16.7 Å². The predicted molar refractivity (Wildman–Crippen MR) is 52.8 cm³/mol. The minimum absolute atomic E-state index is 0.104. The number of aliphatic hydroxyl groups excluding tert-OH is 1. The van der Waals surface area contributed by atoms with Crippen LogP contribution in [0.1, 0.15) is 20.8 Å². The highest BCUT2D eigenvalue weighted by Crippen LogP contribution is 2.39. The van der Waals surface area contributed by atoms with Gasteiger partial charge in [0.1, 0.15) is 0 Å². The molecule has 1 aliphatic rings. The molecular formula is C9H16Cl2O. The molecule has 1 fully saturated rings. The van der Waals surface area contributed by atoms with Gasteiger partial charge in [0.05, 0.1) is 16.9 Å². The average molecular weight is 211 g/mol. The Balaban J connectivity index is 2.76. The first-order valence-corrected chi connectivity index (χ1v) is 5.30. The standard InChI is InChI=1S/C9H16Cl2O/c1-4-5(2)7(10)8(11)9(12)6(4)3/h4-9,12H,1-3H3. The van der Waals surface area contributed by atoms with E-state index < -0.39 is 6.10 Å². The molecule has 0 heterocycles. The van der Waals surface area contributed by atoms with Crippen molar-refractivity contribution >= 4 is 23.2 Å². The summed E-state index contributed by atoms with van der Waals surface area (Å²) in [7, 11) is 0. The molecule has 1 rings (SSSR count). The molecule has 0 aromatic carbocycles. The lowest BCUT2D eigenvalue weighted by Gasteiger charge is -2.42. The van der Waals surface area contributed by atoms with Crippen molar-refractivity contribution in [1.82, 2.24) is 0 Å². The summed E-state index contributed by atoms with van der Waals surface area (Å²) in [6.07, 6.45) is -0.458. The van der Waals surface area contributed by atoms with E-state index in [1.54, 1.807) is 0 Å². The fourth-order valence-electron chi connectivity index (χ4n) is 1.85.